The van der Waals surface area contributed by atoms with Gasteiger partial charge in [0.25, 0.3) is 0 Å². The summed E-state index contributed by atoms with van der Waals surface area (Å²) in [6.07, 6.45) is 7.11. The Balaban J connectivity index is 1.45. The summed E-state index contributed by atoms with van der Waals surface area (Å²) in [6.45, 7) is 4.56. The van der Waals surface area contributed by atoms with E-state index in [9.17, 15) is 0 Å². The zero-order valence-corrected chi connectivity index (χ0v) is 38.2. The van der Waals surface area contributed by atoms with Gasteiger partial charge in [0.05, 0.1) is 0 Å². The molecule has 0 N–H and O–H groups in total. The van der Waals surface area contributed by atoms with E-state index >= 15 is 0 Å². The van der Waals surface area contributed by atoms with Crippen molar-refractivity contribution >= 4 is 114 Å². The Kier molecular flexibility index (Phi) is 13.0. The molecular weight excluding hydrogens is 940 g/mol. The Morgan fingerprint density at radius 3 is 1.07 bits per heavy atom. The van der Waals surface area contributed by atoms with Crippen LogP contribution in [0.5, 0.6) is 0 Å². The number of hydrogen-bond acceptors (Lipinski definition) is 0. The third-order valence-electron chi connectivity index (χ3n) is 10.7. The lowest BCUT2D eigenvalue weighted by Gasteiger charge is -2.28. The highest BCUT2D eigenvalue weighted by Gasteiger charge is 2.28. The van der Waals surface area contributed by atoms with Gasteiger partial charge in [-0.1, -0.05) is 172 Å². The Bertz CT molecular complexity index is 2460. The minimum absolute atomic E-state index is 0.904. The Hall–Kier alpha value is -3.40. The summed E-state index contributed by atoms with van der Waals surface area (Å²) in [6, 6.07) is 65.7. The first-order chi connectivity index (χ1) is 27.5. The molecule has 0 aliphatic heterocycles. The predicted molar refractivity (Wildman–Crippen MR) is 267 cm³/mol. The lowest BCUT2D eigenvalue weighted by atomic mass is 9.93. The van der Waals surface area contributed by atoms with Crippen molar-refractivity contribution < 1.29 is 0 Å². The van der Waals surface area contributed by atoms with E-state index in [0.717, 1.165) is 12.8 Å². The SMILES string of the molecule is CCCCc1ccc(P(c2ccc(CCCC)cc2)c2ccc3ccccc3c2-c2c(P(c3ccc(I)cc3)c3ccc(I)cc3)ccc3ccccc23)cc1. The highest BCUT2D eigenvalue weighted by molar-refractivity contribution is 14.1. The van der Waals surface area contributed by atoms with Gasteiger partial charge in [0.15, 0.2) is 0 Å². The average molecular weight is 987 g/mol. The van der Waals surface area contributed by atoms with E-state index in [2.05, 4.69) is 229 Å². The molecule has 0 saturated carbocycles. The monoisotopic (exact) mass is 986 g/mol. The van der Waals surface area contributed by atoms with Gasteiger partial charge >= 0.3 is 0 Å². The Morgan fingerprint density at radius 2 is 0.714 bits per heavy atom. The van der Waals surface area contributed by atoms with Crippen molar-refractivity contribution in [1.82, 2.24) is 0 Å². The minimum Gasteiger partial charge on any atom is -0.0654 e. The summed E-state index contributed by atoms with van der Waals surface area (Å²) >= 11 is 4.88. The number of benzene rings is 8. The molecule has 0 radical (unpaired) electrons. The maximum absolute atomic E-state index is 2.48. The van der Waals surface area contributed by atoms with Gasteiger partial charge in [-0.2, -0.15) is 0 Å². The van der Waals surface area contributed by atoms with Crippen molar-refractivity contribution in [3.05, 3.63) is 188 Å². The van der Waals surface area contributed by atoms with E-state index in [1.54, 1.807) is 0 Å². The molecule has 0 bridgehead atoms. The fourth-order valence-corrected chi connectivity index (χ4v) is 13.4. The molecule has 8 rings (SSSR count). The minimum atomic E-state index is -0.913. The highest BCUT2D eigenvalue weighted by Crippen LogP contribution is 2.46. The quantitative estimate of drug-likeness (QED) is 0.0798. The molecule has 4 heteroatoms. The average Bonchev–Trinajstić information content (AvgIpc) is 3.24. The summed E-state index contributed by atoms with van der Waals surface area (Å²) < 4.78 is 2.51. The van der Waals surface area contributed by atoms with Crippen molar-refractivity contribution in [3.8, 4) is 11.1 Å². The van der Waals surface area contributed by atoms with Crippen molar-refractivity contribution in [2.45, 2.75) is 52.4 Å². The predicted octanol–water partition coefficient (Wildman–Crippen LogP) is 13.1. The van der Waals surface area contributed by atoms with Gasteiger partial charge in [0, 0.05) is 7.14 Å². The molecule has 278 valence electrons. The smallest absolute Gasteiger partial charge is 0.0130 e. The lowest BCUT2D eigenvalue weighted by Crippen LogP contribution is -2.26. The molecule has 0 heterocycles. The fourth-order valence-electron chi connectivity index (χ4n) is 7.84. The molecule has 0 amide bonds. The number of fused-ring (bicyclic) bond motifs is 2. The normalized spacial score (nSPS) is 11.6. The van der Waals surface area contributed by atoms with Crippen molar-refractivity contribution in [1.29, 1.82) is 0 Å². The summed E-state index contributed by atoms with van der Waals surface area (Å²) in [5, 5.41) is 13.5. The lowest BCUT2D eigenvalue weighted by molar-refractivity contribution is 0.795. The van der Waals surface area contributed by atoms with Crippen LogP contribution in [0.4, 0.5) is 0 Å². The molecule has 0 atom stereocenters. The van der Waals surface area contributed by atoms with E-state index in [1.807, 2.05) is 0 Å². The highest BCUT2D eigenvalue weighted by atomic mass is 127. The first-order valence-corrected chi connectivity index (χ1v) is 24.7. The molecule has 0 aliphatic carbocycles. The molecular formula is C52H46I2P2. The summed E-state index contributed by atoms with van der Waals surface area (Å²) in [5.74, 6) is 0. The zero-order chi connectivity index (χ0) is 38.4. The molecule has 0 aliphatic rings. The Morgan fingerprint density at radius 1 is 0.375 bits per heavy atom. The molecule has 0 nitrogen and oxygen atoms in total. The largest absolute Gasteiger partial charge is 0.0654 e. The molecule has 0 fully saturated rings. The second-order valence-corrected chi connectivity index (χ2v) is 21.4. The molecule has 56 heavy (non-hydrogen) atoms. The van der Waals surface area contributed by atoms with Crippen LogP contribution < -0.4 is 31.8 Å². The third-order valence-corrected chi connectivity index (χ3v) is 17.1. The second kappa shape index (κ2) is 18.5. The van der Waals surface area contributed by atoms with E-state index in [-0.39, 0.29) is 0 Å². The number of halogens is 2. The van der Waals surface area contributed by atoms with Gasteiger partial charge < -0.3 is 0 Å². The van der Waals surface area contributed by atoms with Gasteiger partial charge in [-0.15, -0.1) is 0 Å². The molecule has 0 aromatic heterocycles. The maximum Gasteiger partial charge on any atom is 0.0130 e. The van der Waals surface area contributed by atoms with E-state index in [1.165, 1.54) is 108 Å². The summed E-state index contributed by atoms with van der Waals surface area (Å²) in [7, 11) is -1.82. The van der Waals surface area contributed by atoms with Crippen LogP contribution in [0, 0.1) is 7.14 Å². The summed E-state index contributed by atoms with van der Waals surface area (Å²) in [5.41, 5.74) is 5.59. The van der Waals surface area contributed by atoms with Gasteiger partial charge in [-0.3, -0.25) is 0 Å². The van der Waals surface area contributed by atoms with Gasteiger partial charge in [-0.25, -0.2) is 0 Å². The van der Waals surface area contributed by atoms with Crippen LogP contribution in [-0.4, -0.2) is 0 Å². The van der Waals surface area contributed by atoms with Crippen LogP contribution in [0.1, 0.15) is 50.7 Å². The third kappa shape index (κ3) is 8.56. The Labute approximate surface area is 363 Å². The first-order valence-electron chi connectivity index (χ1n) is 19.9. The van der Waals surface area contributed by atoms with Crippen LogP contribution >= 0.6 is 61.0 Å². The zero-order valence-electron chi connectivity index (χ0n) is 32.1. The number of rotatable bonds is 13. The van der Waals surface area contributed by atoms with Crippen molar-refractivity contribution in [2.24, 2.45) is 0 Å². The number of hydrogen-bond donors (Lipinski definition) is 0. The standard InChI is InChI=1S/C52H46I2P2/c1-3-5-11-37-17-27-43(28-18-37)55(44-29-19-38(20-30-44)12-6-4-2)49-35-21-39-13-7-9-15-47(39)51(49)52-48-16-10-8-14-40(48)22-36-50(52)56(45-31-23-41(53)24-32-45)46-33-25-42(54)26-34-46/h7-10,13-36H,3-6,11-12H2,1-2H3. The van der Waals surface area contributed by atoms with Crippen LogP contribution in [-0.2, 0) is 12.8 Å². The maximum atomic E-state index is 2.48. The fraction of sp³-hybridized carbons (Fsp3) is 0.154. The van der Waals surface area contributed by atoms with Crippen LogP contribution in [0.15, 0.2) is 170 Å². The second-order valence-electron chi connectivity index (χ2n) is 14.5. The van der Waals surface area contributed by atoms with Crippen LogP contribution in [0.3, 0.4) is 0 Å². The van der Waals surface area contributed by atoms with E-state index in [0.29, 0.717) is 0 Å². The first kappa shape index (κ1) is 39.4. The topological polar surface area (TPSA) is 0 Å². The molecule has 8 aromatic rings. The van der Waals surface area contributed by atoms with Crippen molar-refractivity contribution in [2.75, 3.05) is 0 Å². The molecule has 8 aromatic carbocycles. The van der Waals surface area contributed by atoms with E-state index in [4.69, 9.17) is 0 Å². The van der Waals surface area contributed by atoms with Crippen molar-refractivity contribution in [3.63, 3.8) is 0 Å². The molecule has 0 saturated heterocycles. The van der Waals surface area contributed by atoms with E-state index < -0.39 is 15.8 Å². The molecule has 0 spiro atoms. The van der Waals surface area contributed by atoms with Gasteiger partial charge in [0.2, 0.25) is 0 Å². The van der Waals surface area contributed by atoms with Crippen LogP contribution in [0.2, 0.25) is 0 Å². The van der Waals surface area contributed by atoms with Gasteiger partial charge in [-0.05, 0) is 187 Å². The number of aryl methyl sites for hydroxylation is 2. The number of unbranched alkanes of at least 4 members (excludes halogenated alkanes) is 2. The van der Waals surface area contributed by atoms with Gasteiger partial charge in [0.1, 0.15) is 0 Å². The summed E-state index contributed by atoms with van der Waals surface area (Å²) in [4.78, 5) is 0. The molecule has 0 unspecified atom stereocenters. The van der Waals surface area contributed by atoms with Crippen LogP contribution in [0.25, 0.3) is 32.7 Å².